The number of hydrogen-bond acceptors (Lipinski definition) is 10. The quantitative estimate of drug-likeness (QED) is 0.0233. The van der Waals surface area contributed by atoms with Crippen LogP contribution in [0, 0.1) is 11.6 Å². The zero-order valence-electron chi connectivity index (χ0n) is 71.9. The summed E-state index contributed by atoms with van der Waals surface area (Å²) in [6.07, 6.45) is 8.64. The fourth-order valence-corrected chi connectivity index (χ4v) is 22.4. The largest absolute Gasteiger partial charge is 0.330 e. The highest BCUT2D eigenvalue weighted by Crippen LogP contribution is 2.35. The summed E-state index contributed by atoms with van der Waals surface area (Å²) in [6.45, 7) is 9.25. The van der Waals surface area contributed by atoms with Crippen molar-refractivity contribution in [1.82, 2.24) is 21.3 Å². The lowest BCUT2D eigenvalue weighted by Crippen LogP contribution is -2.24. The molecule has 0 radical (unpaired) electrons. The van der Waals surface area contributed by atoms with E-state index in [1.54, 1.807) is 24.3 Å². The van der Waals surface area contributed by atoms with Crippen molar-refractivity contribution in [2.24, 2.45) is 5.73 Å². The molecule has 6 N–H and O–H groups in total. The molecular formula is C106H117Br2Cl2F2N5O5S5. The molecule has 0 fully saturated rings. The van der Waals surface area contributed by atoms with Crippen LogP contribution >= 0.6 is 55.1 Å². The molecule has 10 nitrogen and oxygen atoms in total. The van der Waals surface area contributed by atoms with Crippen molar-refractivity contribution >= 4 is 109 Å². The molecular weight excluding hydrogens is 1850 g/mol. The Morgan fingerprint density at radius 3 is 0.693 bits per heavy atom. The smallest absolute Gasteiger partial charge is 0.123 e. The molecule has 13 rings (SSSR count). The van der Waals surface area contributed by atoms with Crippen LogP contribution in [0.4, 0.5) is 8.78 Å². The van der Waals surface area contributed by atoms with Gasteiger partial charge in [-0.05, 0) is 216 Å². The predicted molar refractivity (Wildman–Crippen MR) is 544 cm³/mol. The van der Waals surface area contributed by atoms with E-state index < -0.39 is 59.2 Å². The molecule has 0 saturated heterocycles. The summed E-state index contributed by atoms with van der Waals surface area (Å²) in [7, 11) is -5.20. The number of nitrogens with two attached hydrogens (primary N) is 1. The van der Waals surface area contributed by atoms with Gasteiger partial charge in [-0.15, -0.1) is 0 Å². The molecule has 668 valence electrons. The number of hydrogen-bond donors (Lipinski definition) is 5. The van der Waals surface area contributed by atoms with Gasteiger partial charge in [-0.2, -0.15) is 0 Å². The first kappa shape index (κ1) is 103. The predicted octanol–water partition coefficient (Wildman–Crippen LogP) is 23.7. The lowest BCUT2D eigenvalue weighted by atomic mass is 10.0. The van der Waals surface area contributed by atoms with Crippen LogP contribution in [0.1, 0.15) is 138 Å². The van der Waals surface area contributed by atoms with Gasteiger partial charge in [-0.1, -0.05) is 354 Å². The summed E-state index contributed by atoms with van der Waals surface area (Å²) in [6, 6.07) is 115. The summed E-state index contributed by atoms with van der Waals surface area (Å²) in [5.74, 6) is 2.20. The Labute approximate surface area is 791 Å². The SMILES string of the molecule is CCCCNCCS(=O)C(c1ccccc1)c1ccccc1.NCCS(=O)C(c1ccccc1)c1ccccc1.O=S(CCNCCCc1ccccc1)C(c1ccc(Br)cc1)c1ccc(Br)cc1.O=S(CCNCCCc1ccccc1)C(c1ccc(Cl)cc1)c1ccc(Cl)cc1.O=S(CCNCCCc1ccccc1)C(c1ccc(F)cc1)c1ccc(F)cc1. The number of halogens is 6. The van der Waals surface area contributed by atoms with Crippen LogP contribution in [0.2, 0.25) is 10.0 Å². The van der Waals surface area contributed by atoms with E-state index in [9.17, 15) is 29.8 Å². The van der Waals surface area contributed by atoms with Crippen molar-refractivity contribution in [3.8, 4) is 0 Å². The average molecular weight is 1970 g/mol. The van der Waals surface area contributed by atoms with Gasteiger partial charge in [0.2, 0.25) is 0 Å². The minimum atomic E-state index is -1.22. The minimum Gasteiger partial charge on any atom is -0.330 e. The zero-order chi connectivity index (χ0) is 89.8. The minimum absolute atomic E-state index is 0.0459. The van der Waals surface area contributed by atoms with Gasteiger partial charge >= 0.3 is 0 Å². The molecule has 13 aromatic rings. The maximum atomic E-state index is 13.3. The molecule has 0 amide bonds. The maximum absolute atomic E-state index is 13.3. The molecule has 0 bridgehead atoms. The lowest BCUT2D eigenvalue weighted by Gasteiger charge is -2.18. The summed E-state index contributed by atoms with van der Waals surface area (Å²) in [5, 5.41) is 14.1. The highest BCUT2D eigenvalue weighted by Gasteiger charge is 2.26. The third kappa shape index (κ3) is 37.7. The van der Waals surface area contributed by atoms with Crippen LogP contribution in [-0.4, -0.2) is 109 Å². The third-order valence-electron chi connectivity index (χ3n) is 20.7. The lowest BCUT2D eigenvalue weighted by molar-refractivity contribution is 0.625. The van der Waals surface area contributed by atoms with Crippen LogP contribution in [0.15, 0.2) is 367 Å². The van der Waals surface area contributed by atoms with E-state index in [0.29, 0.717) is 51.9 Å². The van der Waals surface area contributed by atoms with E-state index in [1.165, 1.54) is 53.8 Å². The van der Waals surface area contributed by atoms with Crippen molar-refractivity contribution < 1.29 is 29.8 Å². The Morgan fingerprint density at radius 1 is 0.268 bits per heavy atom. The first-order chi connectivity index (χ1) is 62.0. The first-order valence-corrected chi connectivity index (χ1v) is 52.5. The Hall–Kier alpha value is -8.19. The van der Waals surface area contributed by atoms with Crippen molar-refractivity contribution in [2.75, 3.05) is 87.7 Å². The molecule has 0 saturated carbocycles. The van der Waals surface area contributed by atoms with E-state index in [-0.39, 0.29) is 32.6 Å². The van der Waals surface area contributed by atoms with E-state index >= 15 is 0 Å². The maximum Gasteiger partial charge on any atom is 0.123 e. The standard InChI is InChI=1S/C24H25Br2NOS.C24H25Cl2NOS.C24H25F2NOS.C19H25NOS.C15H17NOS/c3*25-22-12-8-20(9-13-22)24(21-10-14-23(26)15-11-21)29(28)18-17-27-16-4-7-19-5-2-1-3-6-19;1-2-3-14-20-15-16-22(21)19(17-10-6-4-7-11-17)18-12-8-5-9-13-18;16-11-12-18(17)15(13-7-3-1-4-8-13)14-9-5-2-6-10-14/h3*1-3,5-6,8-15,24,27H,4,7,16-18H2;4-13,19-20H,2-3,14-16H2,1H3;1-10,15H,11-12,16H2. The number of benzene rings is 13. The van der Waals surface area contributed by atoms with E-state index in [4.69, 9.17) is 28.9 Å². The van der Waals surface area contributed by atoms with E-state index in [0.717, 1.165) is 149 Å². The second-order valence-corrected chi connectivity index (χ2v) is 41.1. The van der Waals surface area contributed by atoms with Crippen LogP contribution in [0.25, 0.3) is 0 Å². The molecule has 13 aromatic carbocycles. The second kappa shape index (κ2) is 59.9. The molecule has 0 aliphatic heterocycles. The topological polar surface area (TPSA) is 159 Å². The molecule has 0 heterocycles. The molecule has 127 heavy (non-hydrogen) atoms. The van der Waals surface area contributed by atoms with Crippen molar-refractivity contribution in [3.05, 3.63) is 461 Å². The summed E-state index contributed by atoms with van der Waals surface area (Å²) in [5.41, 5.74) is 19.7. The van der Waals surface area contributed by atoms with Gasteiger partial charge < -0.3 is 27.0 Å². The average Bonchev–Trinajstić information content (AvgIpc) is 0.839. The van der Waals surface area contributed by atoms with E-state index in [1.807, 2.05) is 200 Å². The summed E-state index contributed by atoms with van der Waals surface area (Å²) in [4.78, 5) is 0. The van der Waals surface area contributed by atoms with Gasteiger partial charge in [0.15, 0.2) is 0 Å². The van der Waals surface area contributed by atoms with Crippen LogP contribution in [0.3, 0.4) is 0 Å². The van der Waals surface area contributed by atoms with E-state index in [2.05, 4.69) is 169 Å². The van der Waals surface area contributed by atoms with Crippen molar-refractivity contribution in [1.29, 1.82) is 0 Å². The number of unbranched alkanes of at least 4 members (excludes halogenated alkanes) is 1. The summed E-state index contributed by atoms with van der Waals surface area (Å²) < 4.78 is 93.4. The van der Waals surface area contributed by atoms with Gasteiger partial charge in [0.25, 0.3) is 0 Å². The van der Waals surface area contributed by atoms with Crippen LogP contribution < -0.4 is 27.0 Å². The fraction of sp³-hybridized carbons (Fsp3) is 0.264. The highest BCUT2D eigenvalue weighted by molar-refractivity contribution is 9.10. The Bertz CT molecular complexity index is 4710. The third-order valence-corrected chi connectivity index (χ3v) is 30.7. The van der Waals surface area contributed by atoms with Gasteiger partial charge in [0.1, 0.15) is 11.6 Å². The monoisotopic (exact) mass is 1970 g/mol. The van der Waals surface area contributed by atoms with Crippen LogP contribution in [0.5, 0.6) is 0 Å². The molecule has 0 spiro atoms. The number of aryl methyl sites for hydroxylation is 3. The fourth-order valence-electron chi connectivity index (χ4n) is 14.2. The Balaban J connectivity index is 0.000000181. The molecule has 0 aromatic heterocycles. The van der Waals surface area contributed by atoms with Crippen molar-refractivity contribution in [2.45, 2.75) is 84.5 Å². The normalized spacial score (nSPS) is 12.3. The first-order valence-electron chi connectivity index (χ1n) is 43.3. The molecule has 0 aliphatic carbocycles. The Morgan fingerprint density at radius 2 is 0.465 bits per heavy atom. The number of rotatable bonds is 44. The summed E-state index contributed by atoms with van der Waals surface area (Å²) >= 11 is 19.0. The van der Waals surface area contributed by atoms with Gasteiger partial charge in [0.05, 0.1) is 26.2 Å². The molecule has 21 heteroatoms. The Kier molecular flexibility index (Phi) is 48.4. The van der Waals surface area contributed by atoms with Gasteiger partial charge in [0, 0.05) is 134 Å². The van der Waals surface area contributed by atoms with Gasteiger partial charge in [-0.25, -0.2) is 8.78 Å². The van der Waals surface area contributed by atoms with Gasteiger partial charge in [-0.3, -0.25) is 21.0 Å². The highest BCUT2D eigenvalue weighted by atomic mass is 79.9. The molecule has 5 atom stereocenters. The number of nitrogens with one attached hydrogen (secondary N) is 4. The second-order valence-electron chi connectivity index (χ2n) is 30.2. The molecule has 5 unspecified atom stereocenters. The van der Waals surface area contributed by atoms with Crippen molar-refractivity contribution in [3.63, 3.8) is 0 Å². The van der Waals surface area contributed by atoms with Crippen LogP contribution in [-0.2, 0) is 73.3 Å². The molecule has 0 aliphatic rings. The zero-order valence-corrected chi connectivity index (χ0v) is 80.7.